The maximum Gasteiger partial charge on any atom is 0.271 e. The largest absolute Gasteiger partial charge is 0.335 e. The number of nitrogens with zero attached hydrogens (tertiary/aromatic N) is 4. The van der Waals surface area contributed by atoms with Gasteiger partial charge < -0.3 is 4.90 Å². The molecular formula is C32H24N4OS3. The van der Waals surface area contributed by atoms with Crippen molar-refractivity contribution in [3.8, 4) is 0 Å². The summed E-state index contributed by atoms with van der Waals surface area (Å²) in [6.07, 6.45) is 4.01. The van der Waals surface area contributed by atoms with E-state index in [2.05, 4.69) is 59.3 Å². The number of thioether (sulfide) groups is 2. The highest BCUT2D eigenvalue weighted by atomic mass is 32.2. The van der Waals surface area contributed by atoms with Gasteiger partial charge in [0.2, 0.25) is 0 Å². The molecule has 1 saturated heterocycles. The van der Waals surface area contributed by atoms with Gasteiger partial charge in [-0.25, -0.2) is 9.98 Å². The maximum atomic E-state index is 13.8. The molecule has 0 N–H and O–H groups in total. The number of benzene rings is 4. The van der Waals surface area contributed by atoms with Gasteiger partial charge in [-0.05, 0) is 84.9 Å². The lowest BCUT2D eigenvalue weighted by atomic mass is 10.1. The Labute approximate surface area is 244 Å². The average Bonchev–Trinajstić information content (AvgIpc) is 3.63. The minimum absolute atomic E-state index is 0.0774. The minimum atomic E-state index is -0.0774. The molecule has 7 rings (SSSR count). The third-order valence-corrected chi connectivity index (χ3v) is 9.98. The second-order valence-corrected chi connectivity index (χ2v) is 12.6. The fourth-order valence-electron chi connectivity index (χ4n) is 5.01. The molecule has 1 amide bonds. The highest BCUT2D eigenvalue weighted by Gasteiger charge is 2.35. The molecule has 0 spiro atoms. The summed E-state index contributed by atoms with van der Waals surface area (Å²) in [7, 11) is 0. The molecule has 8 heteroatoms. The number of anilines is 2. The van der Waals surface area contributed by atoms with Gasteiger partial charge in [-0.2, -0.15) is 0 Å². The number of allylic oxidation sites excluding steroid dienone is 2. The van der Waals surface area contributed by atoms with E-state index < -0.39 is 0 Å². The molecule has 4 aromatic carbocycles. The first-order chi connectivity index (χ1) is 19.6. The number of thiazole rings is 1. The van der Waals surface area contributed by atoms with Crippen LogP contribution in [0.5, 0.6) is 0 Å². The molecule has 40 heavy (non-hydrogen) atoms. The summed E-state index contributed by atoms with van der Waals surface area (Å²) in [5.41, 5.74) is 3.71. The van der Waals surface area contributed by atoms with Crippen molar-refractivity contribution in [1.29, 1.82) is 0 Å². The summed E-state index contributed by atoms with van der Waals surface area (Å²) in [5.74, 6) is -0.0774. The topological polar surface area (TPSA) is 48.8 Å². The number of aromatic nitrogens is 1. The predicted molar refractivity (Wildman–Crippen MR) is 172 cm³/mol. The number of aryl methyl sites for hydroxylation is 1. The van der Waals surface area contributed by atoms with Crippen molar-refractivity contribution in [2.75, 3.05) is 16.3 Å². The van der Waals surface area contributed by atoms with Gasteiger partial charge in [-0.15, -0.1) is 11.3 Å². The van der Waals surface area contributed by atoms with E-state index in [0.29, 0.717) is 10.1 Å². The number of rotatable bonds is 4. The van der Waals surface area contributed by atoms with Crippen LogP contribution in [0, 0.1) is 6.92 Å². The van der Waals surface area contributed by atoms with Gasteiger partial charge >= 0.3 is 0 Å². The molecule has 2 aliphatic rings. The van der Waals surface area contributed by atoms with Crippen LogP contribution in [0.4, 0.5) is 17.1 Å². The first-order valence-corrected chi connectivity index (χ1v) is 15.5. The van der Waals surface area contributed by atoms with Crippen LogP contribution in [0.2, 0.25) is 0 Å². The van der Waals surface area contributed by atoms with Gasteiger partial charge in [0.05, 0.1) is 42.2 Å². The summed E-state index contributed by atoms with van der Waals surface area (Å²) in [6, 6.07) is 28.6. The van der Waals surface area contributed by atoms with Crippen LogP contribution < -0.4 is 9.80 Å². The molecule has 196 valence electrons. The number of carbonyl (C=O) groups is 1. The van der Waals surface area contributed by atoms with Crippen LogP contribution >= 0.6 is 34.9 Å². The van der Waals surface area contributed by atoms with E-state index in [0.717, 1.165) is 38.2 Å². The molecule has 3 heterocycles. The third kappa shape index (κ3) is 4.42. The lowest BCUT2D eigenvalue weighted by Gasteiger charge is -2.17. The minimum Gasteiger partial charge on any atom is -0.335 e. The van der Waals surface area contributed by atoms with Crippen molar-refractivity contribution in [1.82, 2.24) is 4.98 Å². The number of para-hydroxylation sites is 1. The molecular weight excluding hydrogens is 553 g/mol. The summed E-state index contributed by atoms with van der Waals surface area (Å²) < 4.78 is 1.13. The molecule has 0 saturated carbocycles. The van der Waals surface area contributed by atoms with Gasteiger partial charge in [0.1, 0.15) is 0 Å². The van der Waals surface area contributed by atoms with Crippen molar-refractivity contribution in [3.63, 3.8) is 0 Å². The van der Waals surface area contributed by atoms with Gasteiger partial charge in [0.25, 0.3) is 5.91 Å². The first-order valence-electron chi connectivity index (χ1n) is 13.0. The molecule has 0 atom stereocenters. The van der Waals surface area contributed by atoms with Crippen LogP contribution in [-0.4, -0.2) is 22.6 Å². The fraction of sp³-hybridized carbons (Fsp3) is 0.0938. The Morgan fingerprint density at radius 1 is 0.925 bits per heavy atom. The fourth-order valence-corrected chi connectivity index (χ4v) is 8.02. The van der Waals surface area contributed by atoms with E-state index in [-0.39, 0.29) is 5.91 Å². The molecule has 0 bridgehead atoms. The smallest absolute Gasteiger partial charge is 0.271 e. The third-order valence-electron chi connectivity index (χ3n) is 6.84. The molecule has 5 aromatic rings. The number of hydrogen-bond donors (Lipinski definition) is 0. The number of carbonyl (C=O) groups excluding carboxylic acids is 1. The van der Waals surface area contributed by atoms with Gasteiger partial charge in [-0.3, -0.25) is 9.69 Å². The molecule has 0 aliphatic carbocycles. The van der Waals surface area contributed by atoms with Crippen molar-refractivity contribution in [2.45, 2.75) is 18.7 Å². The van der Waals surface area contributed by atoms with E-state index in [1.54, 1.807) is 28.0 Å². The van der Waals surface area contributed by atoms with Crippen LogP contribution in [0.1, 0.15) is 11.9 Å². The van der Waals surface area contributed by atoms with Crippen LogP contribution in [-0.2, 0) is 4.79 Å². The molecule has 1 aromatic heterocycles. The second-order valence-electron chi connectivity index (χ2n) is 9.37. The Hall–Kier alpha value is -3.85. The zero-order valence-corrected chi connectivity index (χ0v) is 24.3. The van der Waals surface area contributed by atoms with Gasteiger partial charge in [0.15, 0.2) is 5.17 Å². The number of hydrogen-bond acceptors (Lipinski definition) is 7. The van der Waals surface area contributed by atoms with E-state index in [4.69, 9.17) is 4.99 Å². The Morgan fingerprint density at radius 3 is 2.60 bits per heavy atom. The van der Waals surface area contributed by atoms with Gasteiger partial charge in [0, 0.05) is 11.4 Å². The quantitative estimate of drug-likeness (QED) is 0.200. The molecule has 2 aliphatic heterocycles. The SMILES string of the molecule is CCN1C(=CC=C2SC(=Nc3ccc4sc(C)nc4c3)N(c3ccccc3)C2=O)Sc2c1ccc1ccccc21. The van der Waals surface area contributed by atoms with Gasteiger partial charge in [-0.1, -0.05) is 60.3 Å². The number of fused-ring (bicyclic) bond motifs is 4. The average molecular weight is 577 g/mol. The summed E-state index contributed by atoms with van der Waals surface area (Å²) in [4.78, 5) is 29.2. The van der Waals surface area contributed by atoms with Crippen molar-refractivity contribution >= 4 is 84.0 Å². The number of amides is 1. The monoisotopic (exact) mass is 576 g/mol. The maximum absolute atomic E-state index is 13.8. The van der Waals surface area contributed by atoms with Crippen molar-refractivity contribution in [3.05, 3.63) is 112 Å². The van der Waals surface area contributed by atoms with E-state index >= 15 is 0 Å². The van der Waals surface area contributed by atoms with E-state index in [1.807, 2.05) is 61.5 Å². The lowest BCUT2D eigenvalue weighted by molar-refractivity contribution is -0.113. The van der Waals surface area contributed by atoms with Crippen LogP contribution in [0.3, 0.4) is 0 Å². The summed E-state index contributed by atoms with van der Waals surface area (Å²) in [6.45, 7) is 5.01. The highest BCUT2D eigenvalue weighted by molar-refractivity contribution is 8.19. The zero-order valence-electron chi connectivity index (χ0n) is 21.9. The normalized spacial score (nSPS) is 18.2. The first kappa shape index (κ1) is 25.1. The molecule has 0 radical (unpaired) electrons. The summed E-state index contributed by atoms with van der Waals surface area (Å²) in [5, 5.41) is 5.25. The second kappa shape index (κ2) is 10.3. The Bertz CT molecular complexity index is 1890. The van der Waals surface area contributed by atoms with Crippen molar-refractivity contribution in [2.24, 2.45) is 4.99 Å². The number of aliphatic imine (C=N–C) groups is 1. The summed E-state index contributed by atoms with van der Waals surface area (Å²) >= 11 is 4.83. The standard InChI is InChI=1S/C32H24N4OS3/c1-3-35-26-15-13-21-9-7-8-12-24(21)30(26)40-29(35)18-17-28-31(37)36(23-10-5-4-6-11-23)32(39-28)34-22-14-16-27-25(19-22)33-20(2)38-27/h4-19H,3H2,1-2H3. The number of amidine groups is 1. The molecule has 0 unspecified atom stereocenters. The zero-order chi connectivity index (χ0) is 27.2. The van der Waals surface area contributed by atoms with E-state index in [9.17, 15) is 4.79 Å². The van der Waals surface area contributed by atoms with E-state index in [1.165, 1.54) is 33.1 Å². The Balaban J connectivity index is 1.26. The lowest BCUT2D eigenvalue weighted by Crippen LogP contribution is -2.28. The van der Waals surface area contributed by atoms with Crippen LogP contribution in [0.25, 0.3) is 21.0 Å². The molecule has 1 fully saturated rings. The Kier molecular flexibility index (Phi) is 6.46. The Morgan fingerprint density at radius 2 is 1.75 bits per heavy atom. The van der Waals surface area contributed by atoms with Crippen LogP contribution in [0.15, 0.2) is 117 Å². The highest BCUT2D eigenvalue weighted by Crippen LogP contribution is 2.49. The van der Waals surface area contributed by atoms with Crippen molar-refractivity contribution < 1.29 is 4.79 Å². The predicted octanol–water partition coefficient (Wildman–Crippen LogP) is 8.88. The molecule has 5 nitrogen and oxygen atoms in total.